The maximum Gasteiger partial charge on any atom is 0.0113 e. The summed E-state index contributed by atoms with van der Waals surface area (Å²) in [5.74, 6) is 0.926. The largest absolute Gasteiger partial charge is 0.301 e. The molecule has 0 aromatic heterocycles. The van der Waals surface area contributed by atoms with E-state index in [0.29, 0.717) is 12.1 Å². The summed E-state index contributed by atoms with van der Waals surface area (Å²) in [5, 5.41) is 0. The Morgan fingerprint density at radius 2 is 1.10 bits per heavy atom. The summed E-state index contributed by atoms with van der Waals surface area (Å²) in [7, 11) is 0. The average molecular weight is 409 g/mol. The van der Waals surface area contributed by atoms with Crippen LogP contribution in [0.15, 0.2) is 0 Å². The lowest BCUT2D eigenvalue weighted by Crippen LogP contribution is -2.49. The summed E-state index contributed by atoms with van der Waals surface area (Å²) >= 11 is 0. The second kappa shape index (κ2) is 14.0. The first-order chi connectivity index (χ1) is 14.0. The Morgan fingerprint density at radius 1 is 0.586 bits per heavy atom. The van der Waals surface area contributed by atoms with Crippen molar-refractivity contribution in [3.63, 3.8) is 0 Å². The fourth-order valence-electron chi connectivity index (χ4n) is 5.10. The lowest BCUT2D eigenvalue weighted by molar-refractivity contribution is 0.0930. The van der Waals surface area contributed by atoms with Crippen molar-refractivity contribution in [2.75, 3.05) is 65.4 Å². The number of hydrogen-bond donors (Lipinski definition) is 0. The van der Waals surface area contributed by atoms with E-state index in [1.165, 1.54) is 110 Å². The molecule has 0 radical (unpaired) electrons. The molecule has 172 valence electrons. The van der Waals surface area contributed by atoms with Gasteiger partial charge in [0.25, 0.3) is 0 Å². The van der Waals surface area contributed by atoms with E-state index in [-0.39, 0.29) is 0 Å². The number of unbranched alkanes of at least 4 members (excludes halogenated alkanes) is 3. The minimum absolute atomic E-state index is 0.710. The molecule has 1 unspecified atom stereocenters. The Morgan fingerprint density at radius 3 is 1.62 bits per heavy atom. The van der Waals surface area contributed by atoms with Crippen LogP contribution in [-0.4, -0.2) is 97.1 Å². The van der Waals surface area contributed by atoms with E-state index in [1.807, 2.05) is 0 Å². The fourth-order valence-corrected chi connectivity index (χ4v) is 5.10. The quantitative estimate of drug-likeness (QED) is 0.419. The number of piperazine rings is 2. The molecule has 4 nitrogen and oxygen atoms in total. The van der Waals surface area contributed by atoms with Crippen molar-refractivity contribution in [2.24, 2.45) is 5.92 Å². The van der Waals surface area contributed by atoms with Gasteiger partial charge in [0.2, 0.25) is 0 Å². The molecule has 2 heterocycles. The highest BCUT2D eigenvalue weighted by atomic mass is 15.3. The van der Waals surface area contributed by atoms with Crippen molar-refractivity contribution in [1.29, 1.82) is 0 Å². The van der Waals surface area contributed by atoms with Crippen LogP contribution in [0.3, 0.4) is 0 Å². The smallest absolute Gasteiger partial charge is 0.0113 e. The highest BCUT2D eigenvalue weighted by Gasteiger charge is 2.21. The van der Waals surface area contributed by atoms with Crippen LogP contribution < -0.4 is 0 Å². The summed E-state index contributed by atoms with van der Waals surface area (Å²) in [6.45, 7) is 24.5. The molecular formula is C25H52N4. The van der Waals surface area contributed by atoms with Crippen molar-refractivity contribution in [2.45, 2.75) is 91.6 Å². The predicted molar refractivity (Wildman–Crippen MR) is 128 cm³/mol. The number of hydrogen-bond acceptors (Lipinski definition) is 4. The van der Waals surface area contributed by atoms with E-state index in [9.17, 15) is 0 Å². The molecule has 2 rings (SSSR count). The van der Waals surface area contributed by atoms with Gasteiger partial charge < -0.3 is 9.80 Å². The van der Waals surface area contributed by atoms with E-state index in [0.717, 1.165) is 5.92 Å². The molecule has 4 heteroatoms. The molecule has 29 heavy (non-hydrogen) atoms. The zero-order valence-corrected chi connectivity index (χ0v) is 20.5. The van der Waals surface area contributed by atoms with Crippen LogP contribution >= 0.6 is 0 Å². The third-order valence-corrected chi connectivity index (χ3v) is 7.34. The zero-order chi connectivity index (χ0) is 21.1. The lowest BCUT2D eigenvalue weighted by atomic mass is 9.94. The van der Waals surface area contributed by atoms with Crippen molar-refractivity contribution >= 4 is 0 Å². The molecule has 0 amide bonds. The molecule has 0 aliphatic carbocycles. The lowest BCUT2D eigenvalue weighted by Gasteiger charge is -2.38. The molecule has 0 saturated carbocycles. The van der Waals surface area contributed by atoms with Gasteiger partial charge >= 0.3 is 0 Å². The van der Waals surface area contributed by atoms with Gasteiger partial charge in [-0.15, -0.1) is 0 Å². The van der Waals surface area contributed by atoms with Crippen LogP contribution in [0.5, 0.6) is 0 Å². The van der Waals surface area contributed by atoms with Crippen molar-refractivity contribution < 1.29 is 0 Å². The standard InChI is InChI=1S/C25H52N4/c1-6-7-11-25(22-27-16-20-29(21-17-27)24(4)5)12-9-8-10-13-26-14-18-28(19-15-26)23(2)3/h23-25H,6-22H2,1-5H3. The molecule has 0 N–H and O–H groups in total. The molecule has 2 aliphatic rings. The number of rotatable bonds is 13. The number of nitrogens with zero attached hydrogens (tertiary/aromatic N) is 4. The van der Waals surface area contributed by atoms with Gasteiger partial charge in [0.1, 0.15) is 0 Å². The van der Waals surface area contributed by atoms with E-state index in [1.54, 1.807) is 0 Å². The van der Waals surface area contributed by atoms with Gasteiger partial charge in [-0.25, -0.2) is 0 Å². The van der Waals surface area contributed by atoms with Crippen molar-refractivity contribution in [3.05, 3.63) is 0 Å². The molecule has 1 atom stereocenters. The highest BCUT2D eigenvalue weighted by Crippen LogP contribution is 2.20. The van der Waals surface area contributed by atoms with Crippen LogP contribution in [0.25, 0.3) is 0 Å². The fraction of sp³-hybridized carbons (Fsp3) is 1.00. The van der Waals surface area contributed by atoms with Gasteiger partial charge in [0.05, 0.1) is 0 Å². The van der Waals surface area contributed by atoms with E-state index in [2.05, 4.69) is 54.2 Å². The first-order valence-corrected chi connectivity index (χ1v) is 12.9. The van der Waals surface area contributed by atoms with Crippen LogP contribution in [0.4, 0.5) is 0 Å². The Bertz CT molecular complexity index is 396. The van der Waals surface area contributed by atoms with Crippen LogP contribution in [0.2, 0.25) is 0 Å². The maximum atomic E-state index is 2.76. The first kappa shape index (κ1) is 25.1. The maximum absolute atomic E-state index is 2.76. The molecule has 0 aromatic carbocycles. The summed E-state index contributed by atoms with van der Waals surface area (Å²) in [6, 6.07) is 1.42. The summed E-state index contributed by atoms with van der Waals surface area (Å²) in [5.41, 5.74) is 0. The van der Waals surface area contributed by atoms with E-state index in [4.69, 9.17) is 0 Å². The molecule has 0 aromatic rings. The van der Waals surface area contributed by atoms with Gasteiger partial charge in [-0.3, -0.25) is 9.80 Å². The third-order valence-electron chi connectivity index (χ3n) is 7.34. The molecule has 0 spiro atoms. The van der Waals surface area contributed by atoms with Gasteiger partial charge in [-0.05, 0) is 59.4 Å². The SMILES string of the molecule is CCCCC(CCCCCN1CCN(C(C)C)CC1)CN1CCN(C(C)C)CC1. The van der Waals surface area contributed by atoms with Gasteiger partial charge in [0.15, 0.2) is 0 Å². The van der Waals surface area contributed by atoms with Crippen LogP contribution in [0.1, 0.15) is 79.6 Å². The summed E-state index contributed by atoms with van der Waals surface area (Å²) in [6.07, 6.45) is 9.91. The minimum atomic E-state index is 0.710. The monoisotopic (exact) mass is 408 g/mol. The second-order valence-electron chi connectivity index (χ2n) is 10.3. The summed E-state index contributed by atoms with van der Waals surface area (Å²) < 4.78 is 0. The predicted octanol–water partition coefficient (Wildman–Crippen LogP) is 4.41. The molecule has 2 saturated heterocycles. The third kappa shape index (κ3) is 9.67. The van der Waals surface area contributed by atoms with E-state index < -0.39 is 0 Å². The van der Waals surface area contributed by atoms with Crippen LogP contribution in [0, 0.1) is 5.92 Å². The molecule has 0 bridgehead atoms. The Hall–Kier alpha value is -0.160. The first-order valence-electron chi connectivity index (χ1n) is 12.9. The van der Waals surface area contributed by atoms with Gasteiger partial charge in [0, 0.05) is 71.0 Å². The van der Waals surface area contributed by atoms with Gasteiger partial charge in [-0.2, -0.15) is 0 Å². The Balaban J connectivity index is 1.58. The van der Waals surface area contributed by atoms with Crippen molar-refractivity contribution in [1.82, 2.24) is 19.6 Å². The molecular weight excluding hydrogens is 356 g/mol. The highest BCUT2D eigenvalue weighted by molar-refractivity contribution is 4.77. The minimum Gasteiger partial charge on any atom is -0.301 e. The average Bonchev–Trinajstić information content (AvgIpc) is 2.72. The van der Waals surface area contributed by atoms with Crippen LogP contribution in [-0.2, 0) is 0 Å². The Kier molecular flexibility index (Phi) is 12.1. The van der Waals surface area contributed by atoms with Crippen molar-refractivity contribution in [3.8, 4) is 0 Å². The molecule has 2 aliphatic heterocycles. The topological polar surface area (TPSA) is 13.0 Å². The van der Waals surface area contributed by atoms with Gasteiger partial charge in [-0.1, -0.05) is 32.6 Å². The molecule has 2 fully saturated rings. The van der Waals surface area contributed by atoms with E-state index >= 15 is 0 Å². The second-order valence-corrected chi connectivity index (χ2v) is 10.3. The summed E-state index contributed by atoms with van der Waals surface area (Å²) in [4.78, 5) is 10.7. The Labute approximate surface area is 183 Å². The normalized spacial score (nSPS) is 22.0. The zero-order valence-electron chi connectivity index (χ0n) is 20.5.